The third-order valence-corrected chi connectivity index (χ3v) is 3.36. The van der Waals surface area contributed by atoms with Gasteiger partial charge in [-0.3, -0.25) is 15.0 Å². The number of hydrogen-bond acceptors (Lipinski definition) is 5. The number of nitrogens with zero attached hydrogens (tertiary/aromatic N) is 2. The topological polar surface area (TPSA) is 89.5 Å². The van der Waals surface area contributed by atoms with Gasteiger partial charge in [-0.25, -0.2) is 0 Å². The number of hydrogen-bond donors (Lipinski definition) is 2. The average molecular weight is 293 g/mol. The van der Waals surface area contributed by atoms with E-state index in [0.717, 1.165) is 31.4 Å². The van der Waals surface area contributed by atoms with E-state index in [9.17, 15) is 4.79 Å². The van der Waals surface area contributed by atoms with Gasteiger partial charge in [-0.2, -0.15) is 5.26 Å². The van der Waals surface area contributed by atoms with Crippen molar-refractivity contribution >= 4 is 11.8 Å². The molecule has 1 amide bonds. The molecule has 0 unspecified atom stereocenters. The van der Waals surface area contributed by atoms with E-state index in [1.165, 1.54) is 0 Å². The number of aliphatic hydroxyl groups excluding tert-OH is 1. The van der Waals surface area contributed by atoms with Gasteiger partial charge in [0.2, 0.25) is 11.8 Å². The maximum absolute atomic E-state index is 11.9. The van der Waals surface area contributed by atoms with Crippen LogP contribution in [0.5, 0.6) is 0 Å². The van der Waals surface area contributed by atoms with Crippen LogP contribution in [0.15, 0.2) is 4.42 Å². The van der Waals surface area contributed by atoms with Crippen LogP contribution in [0.4, 0.5) is 5.88 Å². The first-order valence-corrected chi connectivity index (χ1v) is 7.09. The van der Waals surface area contributed by atoms with E-state index in [-0.39, 0.29) is 24.9 Å². The molecule has 0 bridgehead atoms. The lowest BCUT2D eigenvalue weighted by molar-refractivity contribution is -0.117. The van der Waals surface area contributed by atoms with E-state index < -0.39 is 0 Å². The van der Waals surface area contributed by atoms with Gasteiger partial charge in [-0.1, -0.05) is 0 Å². The molecule has 1 aromatic heterocycles. The van der Waals surface area contributed by atoms with Crippen molar-refractivity contribution in [2.24, 2.45) is 0 Å². The summed E-state index contributed by atoms with van der Waals surface area (Å²) in [6.45, 7) is 4.79. The summed E-state index contributed by atoms with van der Waals surface area (Å²) in [6.07, 6.45) is 2.67. The number of unbranched alkanes of at least 4 members (excludes halogenated alkanes) is 2. The Morgan fingerprint density at radius 1 is 1.38 bits per heavy atom. The number of carbonyl (C=O) groups excluding carboxylic acids is 1. The van der Waals surface area contributed by atoms with Crippen LogP contribution in [0.2, 0.25) is 0 Å². The van der Waals surface area contributed by atoms with Crippen LogP contribution < -0.4 is 5.32 Å². The summed E-state index contributed by atoms with van der Waals surface area (Å²) in [6, 6.07) is 2.05. The van der Waals surface area contributed by atoms with Crippen molar-refractivity contribution in [3.63, 3.8) is 0 Å². The predicted molar refractivity (Wildman–Crippen MR) is 80.0 cm³/mol. The Balaban J connectivity index is 2.47. The van der Waals surface area contributed by atoms with E-state index >= 15 is 0 Å². The van der Waals surface area contributed by atoms with Crippen molar-refractivity contribution in [2.75, 3.05) is 32.1 Å². The molecule has 21 heavy (non-hydrogen) atoms. The van der Waals surface area contributed by atoms with Crippen LogP contribution >= 0.6 is 0 Å². The minimum absolute atomic E-state index is 0.204. The van der Waals surface area contributed by atoms with E-state index in [2.05, 4.69) is 5.32 Å². The summed E-state index contributed by atoms with van der Waals surface area (Å²) in [5.74, 6) is 0.662. The van der Waals surface area contributed by atoms with Crippen LogP contribution in [-0.4, -0.2) is 42.7 Å². The molecular formula is C15H23N3O3. The summed E-state index contributed by atoms with van der Waals surface area (Å²) in [7, 11) is 1.86. The molecule has 6 nitrogen and oxygen atoms in total. The van der Waals surface area contributed by atoms with Crippen molar-refractivity contribution in [1.29, 1.82) is 5.26 Å². The molecule has 0 saturated carbocycles. The maximum atomic E-state index is 11.9. The normalized spacial score (nSPS) is 10.7. The second kappa shape index (κ2) is 8.45. The second-order valence-corrected chi connectivity index (χ2v) is 5.17. The minimum Gasteiger partial charge on any atom is -0.444 e. The Bertz CT molecular complexity index is 517. The molecule has 1 heterocycles. The van der Waals surface area contributed by atoms with Gasteiger partial charge in [0.1, 0.15) is 17.4 Å². The van der Waals surface area contributed by atoms with Crippen molar-refractivity contribution in [1.82, 2.24) is 4.90 Å². The molecule has 6 heteroatoms. The Labute approximate surface area is 125 Å². The zero-order valence-electron chi connectivity index (χ0n) is 12.9. The number of rotatable bonds is 8. The number of nitrogens with one attached hydrogen (secondary N) is 1. The second-order valence-electron chi connectivity index (χ2n) is 5.17. The standard InChI is InChI=1S/C15H23N3O3/c1-11-12(2)21-15(13(11)9-16)17-14(20)10-18(3)7-5-4-6-8-19/h19H,4-8,10H2,1-3H3,(H,17,20). The number of anilines is 1. The molecule has 0 aromatic carbocycles. The molecule has 0 saturated heterocycles. The van der Waals surface area contributed by atoms with E-state index in [1.54, 1.807) is 13.8 Å². The first-order valence-electron chi connectivity index (χ1n) is 7.09. The predicted octanol–water partition coefficient (Wildman–Crippen LogP) is 1.80. The lowest BCUT2D eigenvalue weighted by Crippen LogP contribution is -2.31. The summed E-state index contributed by atoms with van der Waals surface area (Å²) in [5.41, 5.74) is 1.14. The molecule has 1 aromatic rings. The number of nitriles is 1. The van der Waals surface area contributed by atoms with Crippen LogP contribution in [0.1, 0.15) is 36.1 Å². The SMILES string of the molecule is Cc1oc(NC(=O)CN(C)CCCCCO)c(C#N)c1C. The number of amides is 1. The first kappa shape index (κ1) is 17.2. The van der Waals surface area contributed by atoms with E-state index in [1.807, 2.05) is 18.0 Å². The highest BCUT2D eigenvalue weighted by molar-refractivity contribution is 5.92. The quantitative estimate of drug-likeness (QED) is 0.713. The molecule has 0 radical (unpaired) electrons. The number of aryl methyl sites for hydroxylation is 1. The molecule has 0 aliphatic carbocycles. The maximum Gasteiger partial charge on any atom is 0.240 e. The highest BCUT2D eigenvalue weighted by atomic mass is 16.4. The fourth-order valence-corrected chi connectivity index (χ4v) is 2.01. The average Bonchev–Trinajstić information content (AvgIpc) is 2.69. The van der Waals surface area contributed by atoms with Crippen molar-refractivity contribution in [3.05, 3.63) is 16.9 Å². The van der Waals surface area contributed by atoms with Crippen molar-refractivity contribution in [3.8, 4) is 6.07 Å². The zero-order valence-corrected chi connectivity index (χ0v) is 12.9. The van der Waals surface area contributed by atoms with Crippen LogP contribution in [0.25, 0.3) is 0 Å². The third-order valence-electron chi connectivity index (χ3n) is 3.36. The minimum atomic E-state index is -0.204. The van der Waals surface area contributed by atoms with E-state index in [4.69, 9.17) is 14.8 Å². The Morgan fingerprint density at radius 3 is 2.71 bits per heavy atom. The molecule has 0 atom stereocenters. The van der Waals surface area contributed by atoms with Crippen LogP contribution in [0.3, 0.4) is 0 Å². The van der Waals surface area contributed by atoms with Crippen LogP contribution in [-0.2, 0) is 4.79 Å². The van der Waals surface area contributed by atoms with Gasteiger partial charge in [-0.15, -0.1) is 0 Å². The summed E-state index contributed by atoms with van der Waals surface area (Å²) >= 11 is 0. The van der Waals surface area contributed by atoms with Gasteiger partial charge in [0, 0.05) is 12.2 Å². The lowest BCUT2D eigenvalue weighted by atomic mass is 10.2. The molecule has 2 N–H and O–H groups in total. The van der Waals surface area contributed by atoms with Gasteiger partial charge in [0.15, 0.2) is 0 Å². The monoisotopic (exact) mass is 293 g/mol. The van der Waals surface area contributed by atoms with Crippen LogP contribution in [0, 0.1) is 25.2 Å². The fraction of sp³-hybridized carbons (Fsp3) is 0.600. The van der Waals surface area contributed by atoms with Gasteiger partial charge in [0.05, 0.1) is 6.54 Å². The molecule has 0 spiro atoms. The van der Waals surface area contributed by atoms with Gasteiger partial charge < -0.3 is 9.52 Å². The molecular weight excluding hydrogens is 270 g/mol. The third kappa shape index (κ3) is 5.21. The van der Waals surface area contributed by atoms with Crippen molar-refractivity contribution < 1.29 is 14.3 Å². The van der Waals surface area contributed by atoms with E-state index in [0.29, 0.717) is 11.3 Å². The molecule has 0 fully saturated rings. The summed E-state index contributed by atoms with van der Waals surface area (Å²) in [4.78, 5) is 13.8. The lowest BCUT2D eigenvalue weighted by Gasteiger charge is -2.15. The molecule has 0 aliphatic heterocycles. The molecule has 0 aliphatic rings. The first-order chi connectivity index (χ1) is 9.99. The Kier molecular flexibility index (Phi) is 6.92. The Hall–Kier alpha value is -1.84. The largest absolute Gasteiger partial charge is 0.444 e. The summed E-state index contributed by atoms with van der Waals surface area (Å²) in [5, 5.41) is 20.4. The highest BCUT2D eigenvalue weighted by Crippen LogP contribution is 2.25. The Morgan fingerprint density at radius 2 is 2.10 bits per heavy atom. The molecule has 1 rings (SSSR count). The zero-order chi connectivity index (χ0) is 15.8. The van der Waals surface area contributed by atoms with Gasteiger partial charge in [-0.05, 0) is 46.7 Å². The smallest absolute Gasteiger partial charge is 0.240 e. The number of likely N-dealkylation sites (N-methyl/N-ethyl adjacent to an activating group) is 1. The fourth-order valence-electron chi connectivity index (χ4n) is 2.01. The van der Waals surface area contributed by atoms with Gasteiger partial charge in [0.25, 0.3) is 0 Å². The molecule has 116 valence electrons. The van der Waals surface area contributed by atoms with Crippen molar-refractivity contribution in [2.45, 2.75) is 33.1 Å². The number of aliphatic hydroxyl groups is 1. The van der Waals surface area contributed by atoms with Gasteiger partial charge >= 0.3 is 0 Å². The highest BCUT2D eigenvalue weighted by Gasteiger charge is 2.17. The number of carbonyl (C=O) groups is 1. The summed E-state index contributed by atoms with van der Waals surface area (Å²) < 4.78 is 5.40. The number of furan rings is 1.